The molecular formula is C6H6N10O6. The number of aromatic nitrogens is 6. The Hall–Kier alpha value is -3.72. The van der Waals surface area contributed by atoms with Crippen molar-refractivity contribution in [1.29, 1.82) is 0 Å². The van der Waals surface area contributed by atoms with Crippen LogP contribution in [-0.4, -0.2) is 56.5 Å². The number of nitro groups is 3. The van der Waals surface area contributed by atoms with Crippen molar-refractivity contribution in [3.63, 3.8) is 0 Å². The third-order valence-corrected chi connectivity index (χ3v) is 2.27. The van der Waals surface area contributed by atoms with Gasteiger partial charge in [-0.2, -0.15) is 0 Å². The summed E-state index contributed by atoms with van der Waals surface area (Å²) in [5.41, 5.74) is 0. The Labute approximate surface area is 119 Å². The Kier molecular flexibility index (Phi) is 3.57. The lowest BCUT2D eigenvalue weighted by molar-refractivity contribution is -0.656. The van der Waals surface area contributed by atoms with Crippen molar-refractivity contribution in [2.75, 3.05) is 7.05 Å². The lowest BCUT2D eigenvalue weighted by atomic mass is 10.9. The summed E-state index contributed by atoms with van der Waals surface area (Å²) in [4.78, 5) is 36.9. The summed E-state index contributed by atoms with van der Waals surface area (Å²) in [6.07, 6.45) is 0.883. The van der Waals surface area contributed by atoms with Crippen LogP contribution in [0.15, 0.2) is 6.33 Å². The average Bonchev–Trinajstić information content (AvgIpc) is 3.04. The quantitative estimate of drug-likeness (QED) is 0.456. The molecule has 2 rings (SSSR count). The fourth-order valence-electron chi connectivity index (χ4n) is 1.34. The highest BCUT2D eigenvalue weighted by molar-refractivity contribution is 5.17. The van der Waals surface area contributed by atoms with E-state index in [1.165, 1.54) is 0 Å². The molecule has 0 atom stereocenters. The van der Waals surface area contributed by atoms with Crippen molar-refractivity contribution in [1.82, 2.24) is 34.5 Å². The van der Waals surface area contributed by atoms with E-state index < -0.39 is 33.4 Å². The summed E-state index contributed by atoms with van der Waals surface area (Å²) in [5.74, 6) is -1.94. The highest BCUT2D eigenvalue weighted by Crippen LogP contribution is 2.12. The van der Waals surface area contributed by atoms with Gasteiger partial charge < -0.3 is 20.2 Å². The third-order valence-electron chi connectivity index (χ3n) is 2.27. The van der Waals surface area contributed by atoms with E-state index in [4.69, 9.17) is 0 Å². The molecule has 0 aromatic carbocycles. The lowest BCUT2D eigenvalue weighted by Crippen LogP contribution is -2.29. The van der Waals surface area contributed by atoms with Crippen molar-refractivity contribution in [2.45, 2.75) is 6.67 Å². The zero-order valence-electron chi connectivity index (χ0n) is 10.7. The zero-order chi connectivity index (χ0) is 16.4. The molecule has 116 valence electrons. The molecule has 0 saturated heterocycles. The minimum absolute atomic E-state index is 0.332. The second-order valence-electron chi connectivity index (χ2n) is 3.75. The van der Waals surface area contributed by atoms with Gasteiger partial charge in [0.2, 0.25) is 6.33 Å². The smallest absolute Gasteiger partial charge is 0.390 e. The van der Waals surface area contributed by atoms with Gasteiger partial charge in [-0.05, 0) is 14.8 Å². The van der Waals surface area contributed by atoms with Gasteiger partial charge in [0.05, 0.1) is 7.05 Å². The van der Waals surface area contributed by atoms with Gasteiger partial charge in [-0.1, -0.05) is 9.67 Å². The molecule has 2 aromatic rings. The van der Waals surface area contributed by atoms with Crippen LogP contribution in [0.25, 0.3) is 5.95 Å². The number of hydrogen-bond acceptors (Lipinski definition) is 10. The molecule has 0 aliphatic carbocycles. The molecule has 16 heteroatoms. The van der Waals surface area contributed by atoms with Crippen LogP contribution in [0, 0.1) is 30.3 Å². The largest absolute Gasteiger partial charge is 0.493 e. The number of hydrogen-bond donors (Lipinski definition) is 0. The zero-order valence-corrected chi connectivity index (χ0v) is 10.7. The SMILES string of the molecule is CN(Cn1nc([N+](=O)[O-])nc1-n1cnc([N+](=O)[O-])n1)[N+](=O)[O-]. The Morgan fingerprint density at radius 1 is 1.14 bits per heavy atom. The van der Waals surface area contributed by atoms with Gasteiger partial charge in [-0.15, -0.1) is 9.69 Å². The maximum absolute atomic E-state index is 10.7. The van der Waals surface area contributed by atoms with Gasteiger partial charge in [0.1, 0.15) is 0 Å². The van der Waals surface area contributed by atoms with E-state index in [1.54, 1.807) is 0 Å². The molecule has 0 aliphatic heterocycles. The molecule has 2 aromatic heterocycles. The minimum Gasteiger partial charge on any atom is -0.390 e. The van der Waals surface area contributed by atoms with Crippen molar-refractivity contribution in [3.8, 4) is 5.95 Å². The van der Waals surface area contributed by atoms with E-state index in [0.717, 1.165) is 22.7 Å². The van der Waals surface area contributed by atoms with Gasteiger partial charge >= 0.3 is 17.8 Å². The third kappa shape index (κ3) is 2.73. The maximum Gasteiger partial charge on any atom is 0.493 e. The summed E-state index contributed by atoms with van der Waals surface area (Å²) in [5, 5.41) is 38.5. The predicted molar refractivity (Wildman–Crippen MR) is 63.0 cm³/mol. The van der Waals surface area contributed by atoms with Crippen LogP contribution in [0.5, 0.6) is 0 Å². The van der Waals surface area contributed by atoms with Crippen molar-refractivity contribution in [3.05, 3.63) is 36.7 Å². The van der Waals surface area contributed by atoms with Crippen LogP contribution >= 0.6 is 0 Å². The van der Waals surface area contributed by atoms with E-state index in [-0.39, 0.29) is 5.95 Å². The second-order valence-corrected chi connectivity index (χ2v) is 3.75. The first-order valence-electron chi connectivity index (χ1n) is 5.30. The first kappa shape index (κ1) is 14.7. The monoisotopic (exact) mass is 314 g/mol. The van der Waals surface area contributed by atoms with E-state index in [0.29, 0.717) is 5.01 Å². The molecule has 0 N–H and O–H groups in total. The van der Waals surface area contributed by atoms with Crippen LogP contribution in [0.3, 0.4) is 0 Å². The summed E-state index contributed by atoms with van der Waals surface area (Å²) in [6.45, 7) is -0.503. The predicted octanol–water partition coefficient (Wildman–Crippen LogP) is -1.24. The average molecular weight is 314 g/mol. The molecular weight excluding hydrogens is 308 g/mol. The Balaban J connectivity index is 2.45. The van der Waals surface area contributed by atoms with Crippen LogP contribution < -0.4 is 0 Å². The Morgan fingerprint density at radius 3 is 2.27 bits per heavy atom. The lowest BCUT2D eigenvalue weighted by Gasteiger charge is -2.05. The first-order valence-corrected chi connectivity index (χ1v) is 5.30. The van der Waals surface area contributed by atoms with Gasteiger partial charge in [-0.3, -0.25) is 0 Å². The normalized spacial score (nSPS) is 10.4. The number of hydrazine groups is 1. The Morgan fingerprint density at radius 2 is 1.77 bits per heavy atom. The van der Waals surface area contributed by atoms with Gasteiger partial charge in [0, 0.05) is 10.2 Å². The standard InChI is InChI=1S/C6H6N10O6/c1-11(16(21)22)3-13-6(8-5(10-13)15(19)20)12-2-7-4(9-12)14(17)18/h2H,3H2,1H3. The Bertz CT molecular complexity index is 749. The molecule has 0 aliphatic rings. The fourth-order valence-corrected chi connectivity index (χ4v) is 1.34. The molecule has 2 heterocycles. The minimum atomic E-state index is -0.919. The van der Waals surface area contributed by atoms with E-state index in [2.05, 4.69) is 20.2 Å². The second kappa shape index (κ2) is 5.34. The summed E-state index contributed by atoms with van der Waals surface area (Å²) in [6, 6.07) is 0. The summed E-state index contributed by atoms with van der Waals surface area (Å²) < 4.78 is 1.55. The summed E-state index contributed by atoms with van der Waals surface area (Å²) >= 11 is 0. The molecule has 0 fully saturated rings. The number of rotatable bonds is 6. The first-order chi connectivity index (χ1) is 10.3. The molecule has 0 radical (unpaired) electrons. The van der Waals surface area contributed by atoms with Gasteiger partial charge in [0.25, 0.3) is 0 Å². The summed E-state index contributed by atoms with van der Waals surface area (Å²) in [7, 11) is 1.10. The topological polar surface area (TPSA) is 194 Å². The van der Waals surface area contributed by atoms with Crippen LogP contribution in [0.1, 0.15) is 0 Å². The molecule has 0 saturated carbocycles. The maximum atomic E-state index is 10.7. The molecule has 22 heavy (non-hydrogen) atoms. The molecule has 0 amide bonds. The molecule has 0 spiro atoms. The highest BCUT2D eigenvalue weighted by atomic mass is 16.7. The fraction of sp³-hybridized carbons (Fsp3) is 0.333. The van der Waals surface area contributed by atoms with Gasteiger partial charge in [0.15, 0.2) is 11.7 Å². The highest BCUT2D eigenvalue weighted by Gasteiger charge is 2.29. The van der Waals surface area contributed by atoms with Gasteiger partial charge in [-0.25, -0.2) is 10.1 Å². The number of nitrogens with zero attached hydrogens (tertiary/aromatic N) is 10. The van der Waals surface area contributed by atoms with Crippen molar-refractivity contribution in [2.24, 2.45) is 0 Å². The molecule has 0 bridgehead atoms. The van der Waals surface area contributed by atoms with E-state index in [9.17, 15) is 30.3 Å². The van der Waals surface area contributed by atoms with Crippen LogP contribution in [0.4, 0.5) is 11.9 Å². The van der Waals surface area contributed by atoms with E-state index >= 15 is 0 Å². The molecule has 16 nitrogen and oxygen atoms in total. The van der Waals surface area contributed by atoms with Crippen LogP contribution in [-0.2, 0) is 6.67 Å². The van der Waals surface area contributed by atoms with Crippen molar-refractivity contribution >= 4 is 11.9 Å². The van der Waals surface area contributed by atoms with Crippen molar-refractivity contribution < 1.29 is 14.9 Å². The molecule has 0 unspecified atom stereocenters. The van der Waals surface area contributed by atoms with Crippen LogP contribution in [0.2, 0.25) is 0 Å². The van der Waals surface area contributed by atoms with E-state index in [1.807, 2.05) is 0 Å².